The van der Waals surface area contributed by atoms with Gasteiger partial charge >= 0.3 is 0 Å². The minimum absolute atomic E-state index is 0.238. The van der Waals surface area contributed by atoms with Crippen LogP contribution in [-0.4, -0.2) is 39.2 Å². The molecule has 0 aliphatic rings. The molecule has 0 unspecified atom stereocenters. The third-order valence-corrected chi connectivity index (χ3v) is 3.08. The van der Waals surface area contributed by atoms with Crippen molar-refractivity contribution in [1.29, 1.82) is 0 Å². The van der Waals surface area contributed by atoms with Crippen LogP contribution >= 0.6 is 15.9 Å². The van der Waals surface area contributed by atoms with Crippen LogP contribution < -0.4 is 10.6 Å². The van der Waals surface area contributed by atoms with Gasteiger partial charge in [-0.25, -0.2) is 9.67 Å². The van der Waals surface area contributed by atoms with Gasteiger partial charge in [0.1, 0.15) is 0 Å². The van der Waals surface area contributed by atoms with E-state index in [1.54, 1.807) is 25.5 Å². The van der Waals surface area contributed by atoms with Gasteiger partial charge in [-0.05, 0) is 28.4 Å². The molecule has 0 radical (unpaired) electrons. The summed E-state index contributed by atoms with van der Waals surface area (Å²) in [4.78, 5) is 20.1. The standard InChI is InChI=1S/C12H15BrN6O/c1-3-5-15-12-16-7-8(13)10(17-12)19-6-4-9(18-19)11(20)14-2/h4,6-7H,3,5H2,1-2H3,(H,14,20)(H,15,16,17). The van der Waals surface area contributed by atoms with E-state index in [1.165, 1.54) is 4.68 Å². The predicted octanol–water partition coefficient (Wildman–Crippen LogP) is 1.61. The number of aromatic nitrogens is 4. The topological polar surface area (TPSA) is 84.7 Å². The molecule has 8 heteroatoms. The summed E-state index contributed by atoms with van der Waals surface area (Å²) in [6, 6.07) is 1.63. The zero-order valence-electron chi connectivity index (χ0n) is 11.2. The zero-order valence-corrected chi connectivity index (χ0v) is 12.8. The number of anilines is 1. The van der Waals surface area contributed by atoms with Crippen LogP contribution in [0.4, 0.5) is 5.95 Å². The Hall–Kier alpha value is -1.96. The lowest BCUT2D eigenvalue weighted by atomic mass is 10.4. The number of rotatable bonds is 5. The highest BCUT2D eigenvalue weighted by Gasteiger charge is 2.12. The molecule has 2 N–H and O–H groups in total. The van der Waals surface area contributed by atoms with Crippen molar-refractivity contribution in [3.8, 4) is 5.82 Å². The molecule has 2 aromatic heterocycles. The quantitative estimate of drug-likeness (QED) is 0.865. The molecule has 0 aliphatic carbocycles. The van der Waals surface area contributed by atoms with Gasteiger partial charge in [0.25, 0.3) is 5.91 Å². The van der Waals surface area contributed by atoms with Crippen molar-refractivity contribution in [2.45, 2.75) is 13.3 Å². The molecule has 2 aromatic rings. The molecule has 0 saturated carbocycles. The van der Waals surface area contributed by atoms with Gasteiger partial charge in [0.2, 0.25) is 5.95 Å². The lowest BCUT2D eigenvalue weighted by Gasteiger charge is -2.07. The van der Waals surface area contributed by atoms with Crippen LogP contribution in [0.1, 0.15) is 23.8 Å². The summed E-state index contributed by atoms with van der Waals surface area (Å²) in [5.41, 5.74) is 0.334. The molecular weight excluding hydrogens is 324 g/mol. The van der Waals surface area contributed by atoms with Gasteiger partial charge < -0.3 is 10.6 Å². The number of hydrogen-bond acceptors (Lipinski definition) is 5. The fraction of sp³-hybridized carbons (Fsp3) is 0.333. The second-order valence-electron chi connectivity index (χ2n) is 4.02. The van der Waals surface area contributed by atoms with Crippen molar-refractivity contribution >= 4 is 27.8 Å². The van der Waals surface area contributed by atoms with E-state index in [0.29, 0.717) is 21.9 Å². The van der Waals surface area contributed by atoms with Crippen LogP contribution in [0.2, 0.25) is 0 Å². The Morgan fingerprint density at radius 3 is 3.00 bits per heavy atom. The Balaban J connectivity index is 2.31. The first-order valence-corrected chi connectivity index (χ1v) is 6.99. The first kappa shape index (κ1) is 14.4. The minimum atomic E-state index is -0.238. The molecule has 2 rings (SSSR count). The molecule has 0 bridgehead atoms. The summed E-state index contributed by atoms with van der Waals surface area (Å²) in [5, 5.41) is 9.83. The van der Waals surface area contributed by atoms with Crippen molar-refractivity contribution in [1.82, 2.24) is 25.1 Å². The molecule has 0 saturated heterocycles. The average molecular weight is 339 g/mol. The number of nitrogens with zero attached hydrogens (tertiary/aromatic N) is 4. The predicted molar refractivity (Wildman–Crippen MR) is 79.0 cm³/mol. The molecule has 7 nitrogen and oxygen atoms in total. The van der Waals surface area contributed by atoms with E-state index < -0.39 is 0 Å². The van der Waals surface area contributed by atoms with Gasteiger partial charge in [-0.1, -0.05) is 6.92 Å². The van der Waals surface area contributed by atoms with Crippen LogP contribution in [0.5, 0.6) is 0 Å². The SMILES string of the molecule is CCCNc1ncc(Br)c(-n2ccc(C(=O)NC)n2)n1. The van der Waals surface area contributed by atoms with Crippen molar-refractivity contribution < 1.29 is 4.79 Å². The zero-order chi connectivity index (χ0) is 14.5. The van der Waals surface area contributed by atoms with Gasteiger partial charge in [0, 0.05) is 26.0 Å². The van der Waals surface area contributed by atoms with Crippen molar-refractivity contribution in [2.24, 2.45) is 0 Å². The molecule has 20 heavy (non-hydrogen) atoms. The van der Waals surface area contributed by atoms with Gasteiger partial charge in [-0.3, -0.25) is 4.79 Å². The van der Waals surface area contributed by atoms with E-state index in [1.807, 2.05) is 0 Å². The molecule has 1 amide bonds. The smallest absolute Gasteiger partial charge is 0.271 e. The Labute approximate surface area is 124 Å². The Kier molecular flexibility index (Phi) is 4.67. The normalized spacial score (nSPS) is 10.3. The van der Waals surface area contributed by atoms with Crippen LogP contribution in [0.3, 0.4) is 0 Å². The van der Waals surface area contributed by atoms with Crippen LogP contribution in [0.15, 0.2) is 22.9 Å². The van der Waals surface area contributed by atoms with E-state index in [-0.39, 0.29) is 5.91 Å². The Morgan fingerprint density at radius 1 is 1.50 bits per heavy atom. The summed E-state index contributed by atoms with van der Waals surface area (Å²) in [6.45, 7) is 2.86. The molecular formula is C12H15BrN6O. The first-order valence-electron chi connectivity index (χ1n) is 6.20. The summed E-state index contributed by atoms with van der Waals surface area (Å²) in [5.74, 6) is 0.869. The number of hydrogen-bond donors (Lipinski definition) is 2. The maximum Gasteiger partial charge on any atom is 0.271 e. The molecule has 0 fully saturated rings. The van der Waals surface area contributed by atoms with Crippen molar-refractivity contribution in [3.63, 3.8) is 0 Å². The number of carbonyl (C=O) groups is 1. The average Bonchev–Trinajstić information content (AvgIpc) is 2.95. The fourth-order valence-corrected chi connectivity index (χ4v) is 1.90. The monoisotopic (exact) mass is 338 g/mol. The second-order valence-corrected chi connectivity index (χ2v) is 4.87. The number of nitrogens with one attached hydrogen (secondary N) is 2. The van der Waals surface area contributed by atoms with Gasteiger partial charge in [-0.15, -0.1) is 0 Å². The van der Waals surface area contributed by atoms with Crippen LogP contribution in [-0.2, 0) is 0 Å². The van der Waals surface area contributed by atoms with E-state index in [4.69, 9.17) is 0 Å². The summed E-state index contributed by atoms with van der Waals surface area (Å²) >= 11 is 3.38. The maximum absolute atomic E-state index is 11.5. The van der Waals surface area contributed by atoms with Gasteiger partial charge in [0.05, 0.1) is 4.47 Å². The first-order chi connectivity index (χ1) is 9.65. The largest absolute Gasteiger partial charge is 0.354 e. The van der Waals surface area contributed by atoms with Crippen LogP contribution in [0, 0.1) is 0 Å². The molecule has 0 aliphatic heterocycles. The third-order valence-electron chi connectivity index (χ3n) is 2.52. The lowest BCUT2D eigenvalue weighted by Crippen LogP contribution is -2.18. The molecule has 0 aromatic carbocycles. The summed E-state index contributed by atoms with van der Waals surface area (Å²) in [7, 11) is 1.56. The van der Waals surface area contributed by atoms with E-state index >= 15 is 0 Å². The minimum Gasteiger partial charge on any atom is -0.354 e. The molecule has 2 heterocycles. The highest BCUT2D eigenvalue weighted by Crippen LogP contribution is 2.19. The van der Waals surface area contributed by atoms with Crippen molar-refractivity contribution in [2.75, 3.05) is 18.9 Å². The van der Waals surface area contributed by atoms with E-state index in [2.05, 4.69) is 48.6 Å². The number of amides is 1. The Bertz CT molecular complexity index is 612. The van der Waals surface area contributed by atoms with E-state index in [9.17, 15) is 4.79 Å². The molecule has 106 valence electrons. The fourth-order valence-electron chi connectivity index (χ4n) is 1.53. The van der Waals surface area contributed by atoms with Gasteiger partial charge in [-0.2, -0.15) is 10.1 Å². The number of halogens is 1. The van der Waals surface area contributed by atoms with Gasteiger partial charge in [0.15, 0.2) is 11.5 Å². The Morgan fingerprint density at radius 2 is 2.30 bits per heavy atom. The number of carbonyl (C=O) groups excluding carboxylic acids is 1. The molecule has 0 spiro atoms. The maximum atomic E-state index is 11.5. The summed E-state index contributed by atoms with van der Waals surface area (Å²) in [6.07, 6.45) is 4.32. The van der Waals surface area contributed by atoms with E-state index in [0.717, 1.165) is 13.0 Å². The summed E-state index contributed by atoms with van der Waals surface area (Å²) < 4.78 is 2.24. The lowest BCUT2D eigenvalue weighted by molar-refractivity contribution is 0.0957. The highest BCUT2D eigenvalue weighted by atomic mass is 79.9. The third kappa shape index (κ3) is 3.13. The second kappa shape index (κ2) is 6.47. The van der Waals surface area contributed by atoms with Crippen LogP contribution in [0.25, 0.3) is 5.82 Å². The van der Waals surface area contributed by atoms with Crippen molar-refractivity contribution in [3.05, 3.63) is 28.6 Å². The molecule has 0 atom stereocenters. The highest BCUT2D eigenvalue weighted by molar-refractivity contribution is 9.10.